The lowest BCUT2D eigenvalue weighted by atomic mass is 10.1. The Morgan fingerprint density at radius 1 is 0.824 bits per heavy atom. The summed E-state index contributed by atoms with van der Waals surface area (Å²) in [5, 5.41) is 0.853. The fraction of sp³-hybridized carbons (Fsp3) is 0.0769. The molecule has 0 saturated carbocycles. The lowest BCUT2D eigenvalue weighted by molar-refractivity contribution is -0.136. The van der Waals surface area contributed by atoms with Gasteiger partial charge in [0.05, 0.1) is 5.56 Å². The van der Waals surface area contributed by atoms with Crippen LogP contribution in [0.15, 0.2) is 42.5 Å². The summed E-state index contributed by atoms with van der Waals surface area (Å²) >= 11 is 0. The first-order valence-corrected chi connectivity index (χ1v) is 5.14. The van der Waals surface area contributed by atoms with Crippen LogP contribution in [0.4, 0.5) is 13.2 Å². The Morgan fingerprint density at radius 2 is 1.53 bits per heavy atom. The number of nitrogens with one attached hydrogen (secondary N) is 1. The second-order valence-corrected chi connectivity index (χ2v) is 3.90. The molecule has 0 unspecified atom stereocenters. The summed E-state index contributed by atoms with van der Waals surface area (Å²) in [6, 6.07) is 11.2. The number of hydrogen-bond donors (Lipinski definition) is 1. The molecule has 1 nitrogen and oxygen atoms in total. The summed E-state index contributed by atoms with van der Waals surface area (Å²) in [5.41, 5.74) is 0.646. The molecule has 0 amide bonds. The zero-order valence-electron chi connectivity index (χ0n) is 8.68. The Morgan fingerprint density at radius 3 is 2.29 bits per heavy atom. The van der Waals surface area contributed by atoms with Crippen molar-refractivity contribution in [3.8, 4) is 0 Å². The number of benzene rings is 2. The van der Waals surface area contributed by atoms with E-state index in [1.165, 1.54) is 6.07 Å². The SMILES string of the molecule is FC(F)(F)c1cccc2[nH]c3ccccc3c12. The van der Waals surface area contributed by atoms with Gasteiger partial charge in [-0.2, -0.15) is 13.2 Å². The van der Waals surface area contributed by atoms with E-state index in [-0.39, 0.29) is 5.39 Å². The van der Waals surface area contributed by atoms with Gasteiger partial charge in [0.25, 0.3) is 0 Å². The Balaban J connectivity index is 2.52. The molecule has 1 heterocycles. The highest BCUT2D eigenvalue weighted by atomic mass is 19.4. The summed E-state index contributed by atoms with van der Waals surface area (Å²) in [6.45, 7) is 0. The highest BCUT2D eigenvalue weighted by Gasteiger charge is 2.33. The number of halogens is 3. The van der Waals surface area contributed by atoms with Crippen LogP contribution in [0.25, 0.3) is 21.8 Å². The van der Waals surface area contributed by atoms with Gasteiger partial charge in [-0.25, -0.2) is 0 Å². The molecule has 2 aromatic carbocycles. The maximum absolute atomic E-state index is 12.9. The summed E-state index contributed by atoms with van der Waals surface area (Å²) in [6.07, 6.45) is -4.33. The second kappa shape index (κ2) is 3.26. The summed E-state index contributed by atoms with van der Waals surface area (Å²) in [7, 11) is 0. The first-order chi connectivity index (χ1) is 8.07. The normalized spacial score (nSPS) is 12.4. The highest BCUT2D eigenvalue weighted by Crippen LogP contribution is 2.38. The van der Waals surface area contributed by atoms with Gasteiger partial charge in [-0.1, -0.05) is 24.3 Å². The minimum atomic E-state index is -4.33. The molecule has 0 aliphatic heterocycles. The Bertz CT molecular complexity index is 695. The summed E-state index contributed by atoms with van der Waals surface area (Å²) < 4.78 is 38.7. The standard InChI is InChI=1S/C13H8F3N/c14-13(15,16)9-5-3-7-11-12(9)8-4-1-2-6-10(8)17-11/h1-7,17H. The molecule has 0 aliphatic rings. The molecule has 1 aromatic heterocycles. The van der Waals surface area contributed by atoms with Crippen molar-refractivity contribution in [2.75, 3.05) is 0 Å². The van der Waals surface area contributed by atoms with E-state index in [9.17, 15) is 13.2 Å². The third kappa shape index (κ3) is 1.48. The van der Waals surface area contributed by atoms with Crippen molar-refractivity contribution in [1.82, 2.24) is 4.98 Å². The largest absolute Gasteiger partial charge is 0.417 e. The van der Waals surface area contributed by atoms with Gasteiger partial charge in [-0.15, -0.1) is 0 Å². The molecule has 0 aliphatic carbocycles. The quantitative estimate of drug-likeness (QED) is 0.596. The Labute approximate surface area is 94.9 Å². The maximum atomic E-state index is 12.9. The number of alkyl halides is 3. The van der Waals surface area contributed by atoms with E-state index in [0.717, 1.165) is 11.6 Å². The van der Waals surface area contributed by atoms with Crippen LogP contribution in [-0.2, 0) is 6.18 Å². The number of para-hydroxylation sites is 1. The van der Waals surface area contributed by atoms with Crippen molar-refractivity contribution in [2.24, 2.45) is 0 Å². The predicted molar refractivity (Wildman–Crippen MR) is 60.8 cm³/mol. The molecule has 0 bridgehead atoms. The predicted octanol–water partition coefficient (Wildman–Crippen LogP) is 4.34. The van der Waals surface area contributed by atoms with Gasteiger partial charge in [0.2, 0.25) is 0 Å². The van der Waals surface area contributed by atoms with Gasteiger partial charge in [-0.3, -0.25) is 0 Å². The van der Waals surface area contributed by atoms with E-state index in [1.807, 2.05) is 0 Å². The number of fused-ring (bicyclic) bond motifs is 3. The molecule has 0 fully saturated rings. The van der Waals surface area contributed by atoms with Gasteiger partial charge in [0.15, 0.2) is 0 Å². The van der Waals surface area contributed by atoms with Gasteiger partial charge >= 0.3 is 6.18 Å². The summed E-state index contributed by atoms with van der Waals surface area (Å²) in [5.74, 6) is 0. The monoisotopic (exact) mass is 235 g/mol. The van der Waals surface area contributed by atoms with E-state index in [0.29, 0.717) is 10.9 Å². The minimum Gasteiger partial charge on any atom is -0.354 e. The van der Waals surface area contributed by atoms with Gasteiger partial charge in [-0.05, 0) is 18.2 Å². The van der Waals surface area contributed by atoms with Crippen LogP contribution in [0, 0.1) is 0 Å². The maximum Gasteiger partial charge on any atom is 0.417 e. The van der Waals surface area contributed by atoms with Crippen molar-refractivity contribution in [2.45, 2.75) is 6.18 Å². The van der Waals surface area contributed by atoms with E-state index in [2.05, 4.69) is 4.98 Å². The number of aromatic amines is 1. The first-order valence-electron chi connectivity index (χ1n) is 5.14. The minimum absolute atomic E-state index is 0.246. The van der Waals surface area contributed by atoms with Crippen molar-refractivity contribution >= 4 is 21.8 Å². The molecular formula is C13H8F3N. The molecule has 86 valence electrons. The van der Waals surface area contributed by atoms with Gasteiger partial charge < -0.3 is 4.98 Å². The van der Waals surface area contributed by atoms with Crippen molar-refractivity contribution in [3.63, 3.8) is 0 Å². The molecule has 3 aromatic rings. The van der Waals surface area contributed by atoms with Crippen molar-refractivity contribution in [3.05, 3.63) is 48.0 Å². The zero-order chi connectivity index (χ0) is 12.0. The zero-order valence-corrected chi connectivity index (χ0v) is 8.68. The molecule has 17 heavy (non-hydrogen) atoms. The van der Waals surface area contributed by atoms with E-state index < -0.39 is 11.7 Å². The molecular weight excluding hydrogens is 227 g/mol. The van der Waals surface area contributed by atoms with Gasteiger partial charge in [0.1, 0.15) is 0 Å². The third-order valence-electron chi connectivity index (χ3n) is 2.84. The fourth-order valence-electron chi connectivity index (χ4n) is 2.14. The molecule has 0 atom stereocenters. The van der Waals surface area contributed by atoms with Crippen LogP contribution in [0.2, 0.25) is 0 Å². The van der Waals surface area contributed by atoms with Crippen LogP contribution in [-0.4, -0.2) is 4.98 Å². The molecule has 0 spiro atoms. The highest BCUT2D eigenvalue weighted by molar-refractivity contribution is 6.09. The average molecular weight is 235 g/mol. The van der Waals surface area contributed by atoms with Crippen LogP contribution < -0.4 is 0 Å². The average Bonchev–Trinajstić information content (AvgIpc) is 2.65. The molecule has 0 radical (unpaired) electrons. The molecule has 3 rings (SSSR count). The lowest BCUT2D eigenvalue weighted by Crippen LogP contribution is -2.04. The lowest BCUT2D eigenvalue weighted by Gasteiger charge is -2.07. The van der Waals surface area contributed by atoms with E-state index in [4.69, 9.17) is 0 Å². The second-order valence-electron chi connectivity index (χ2n) is 3.90. The molecule has 4 heteroatoms. The number of hydrogen-bond acceptors (Lipinski definition) is 0. The Hall–Kier alpha value is -1.97. The number of H-pyrrole nitrogens is 1. The van der Waals surface area contributed by atoms with Crippen molar-refractivity contribution < 1.29 is 13.2 Å². The Kier molecular flexibility index (Phi) is 1.96. The number of rotatable bonds is 0. The van der Waals surface area contributed by atoms with Gasteiger partial charge in [0, 0.05) is 21.8 Å². The fourth-order valence-corrected chi connectivity index (χ4v) is 2.14. The topological polar surface area (TPSA) is 15.8 Å². The van der Waals surface area contributed by atoms with Crippen LogP contribution in [0.3, 0.4) is 0 Å². The van der Waals surface area contributed by atoms with E-state index >= 15 is 0 Å². The molecule has 0 saturated heterocycles. The van der Waals surface area contributed by atoms with Crippen LogP contribution >= 0.6 is 0 Å². The third-order valence-corrected chi connectivity index (χ3v) is 2.84. The summed E-state index contributed by atoms with van der Waals surface area (Å²) in [4.78, 5) is 2.99. The number of aromatic nitrogens is 1. The smallest absolute Gasteiger partial charge is 0.354 e. The van der Waals surface area contributed by atoms with Crippen LogP contribution in [0.1, 0.15) is 5.56 Å². The molecule has 1 N–H and O–H groups in total. The van der Waals surface area contributed by atoms with Crippen molar-refractivity contribution in [1.29, 1.82) is 0 Å². The first kappa shape index (κ1) is 10.2. The van der Waals surface area contributed by atoms with Crippen LogP contribution in [0.5, 0.6) is 0 Å². The van der Waals surface area contributed by atoms with E-state index in [1.54, 1.807) is 30.3 Å².